The summed E-state index contributed by atoms with van der Waals surface area (Å²) in [5.41, 5.74) is -0.866. The van der Waals surface area contributed by atoms with Crippen LogP contribution in [0.4, 0.5) is 13.2 Å². The number of ether oxygens (including phenoxy) is 1. The van der Waals surface area contributed by atoms with E-state index in [4.69, 9.17) is 16.3 Å². The summed E-state index contributed by atoms with van der Waals surface area (Å²) in [4.78, 5) is 15.0. The number of nitrogens with zero attached hydrogens (tertiary/aromatic N) is 3. The zero-order valence-electron chi connectivity index (χ0n) is 10.8. The minimum absolute atomic E-state index is 0.0261. The molecular weight excluding hydrogens is 327 g/mol. The topological polar surface area (TPSA) is 92.8 Å². The molecule has 118 valence electrons. The average Bonchev–Trinajstić information content (AvgIpc) is 2.97. The number of hydrogen-bond acceptors (Lipinski definition) is 5. The van der Waals surface area contributed by atoms with Gasteiger partial charge in [-0.25, -0.2) is 4.98 Å². The maximum absolute atomic E-state index is 12.4. The smallest absolute Gasteiger partial charge is 0.417 e. The summed E-state index contributed by atoms with van der Waals surface area (Å²) in [6, 6.07) is 0.720. The highest BCUT2D eigenvalue weighted by Crippen LogP contribution is 2.32. The normalized spacial score (nSPS) is 11.3. The van der Waals surface area contributed by atoms with Crippen LogP contribution in [0.3, 0.4) is 0 Å². The van der Waals surface area contributed by atoms with Crippen LogP contribution in [0.1, 0.15) is 16.1 Å². The molecule has 22 heavy (non-hydrogen) atoms. The molecule has 0 saturated heterocycles. The Bertz CT molecular complexity index is 648. The molecule has 2 N–H and O–H groups in total. The number of pyridine rings is 1. The Morgan fingerprint density at radius 3 is 2.77 bits per heavy atom. The van der Waals surface area contributed by atoms with Gasteiger partial charge in [0.25, 0.3) is 5.91 Å². The Labute approximate surface area is 126 Å². The largest absolute Gasteiger partial charge is 0.475 e. The molecule has 0 radical (unpaired) electrons. The number of amides is 1. The number of H-pyrrole nitrogens is 1. The predicted molar refractivity (Wildman–Crippen MR) is 68.5 cm³/mol. The standard InChI is InChI=1S/C11H9ClF3N5O2/c12-7-3-6(11(13,14)15)4-17-10(7)22-2-1-16-9(21)8-5-18-20-19-8/h3-5H,1-2H2,(H,16,21)(H,18,19,20). The van der Waals surface area contributed by atoms with Crippen LogP contribution < -0.4 is 10.1 Å². The highest BCUT2D eigenvalue weighted by molar-refractivity contribution is 6.31. The second-order valence-corrected chi connectivity index (χ2v) is 4.38. The fourth-order valence-corrected chi connectivity index (χ4v) is 1.62. The highest BCUT2D eigenvalue weighted by atomic mass is 35.5. The zero-order chi connectivity index (χ0) is 16.2. The maximum Gasteiger partial charge on any atom is 0.417 e. The maximum atomic E-state index is 12.4. The second-order valence-electron chi connectivity index (χ2n) is 3.97. The van der Waals surface area contributed by atoms with Crippen LogP contribution >= 0.6 is 11.6 Å². The molecule has 0 atom stereocenters. The van der Waals surface area contributed by atoms with E-state index in [1.165, 1.54) is 6.20 Å². The van der Waals surface area contributed by atoms with Gasteiger partial charge in [0.2, 0.25) is 5.88 Å². The molecular formula is C11H9ClF3N5O2. The minimum Gasteiger partial charge on any atom is -0.475 e. The Balaban J connectivity index is 1.83. The average molecular weight is 336 g/mol. The van der Waals surface area contributed by atoms with Gasteiger partial charge in [0, 0.05) is 6.20 Å². The predicted octanol–water partition coefficient (Wildman–Crippen LogP) is 1.68. The molecule has 0 aliphatic carbocycles. The first-order valence-electron chi connectivity index (χ1n) is 5.87. The fourth-order valence-electron chi connectivity index (χ4n) is 1.40. The lowest BCUT2D eigenvalue weighted by atomic mass is 10.3. The van der Waals surface area contributed by atoms with Crippen molar-refractivity contribution in [2.24, 2.45) is 0 Å². The number of carbonyl (C=O) groups is 1. The molecule has 1 amide bonds. The molecule has 0 aliphatic heterocycles. The first-order valence-corrected chi connectivity index (χ1v) is 6.25. The monoisotopic (exact) mass is 335 g/mol. The lowest BCUT2D eigenvalue weighted by Gasteiger charge is -2.10. The van der Waals surface area contributed by atoms with E-state index in [1.807, 2.05) is 0 Å². The van der Waals surface area contributed by atoms with Gasteiger partial charge in [0.15, 0.2) is 5.69 Å². The van der Waals surface area contributed by atoms with Gasteiger partial charge in [-0.05, 0) is 6.07 Å². The van der Waals surface area contributed by atoms with E-state index in [1.54, 1.807) is 0 Å². The van der Waals surface area contributed by atoms with Crippen molar-refractivity contribution in [1.82, 2.24) is 25.7 Å². The van der Waals surface area contributed by atoms with Crippen LogP contribution in [-0.4, -0.2) is 39.5 Å². The van der Waals surface area contributed by atoms with Crippen LogP contribution in [0.15, 0.2) is 18.5 Å². The van der Waals surface area contributed by atoms with Crippen molar-refractivity contribution in [2.45, 2.75) is 6.18 Å². The van der Waals surface area contributed by atoms with Crippen molar-refractivity contribution in [2.75, 3.05) is 13.2 Å². The van der Waals surface area contributed by atoms with E-state index < -0.39 is 17.6 Å². The van der Waals surface area contributed by atoms with Crippen LogP contribution in [0, 0.1) is 0 Å². The summed E-state index contributed by atoms with van der Waals surface area (Å²) in [5, 5.41) is 11.5. The van der Waals surface area contributed by atoms with Crippen molar-refractivity contribution in [3.63, 3.8) is 0 Å². The van der Waals surface area contributed by atoms with Gasteiger partial charge in [-0.1, -0.05) is 11.6 Å². The van der Waals surface area contributed by atoms with E-state index in [2.05, 4.69) is 25.7 Å². The van der Waals surface area contributed by atoms with Crippen LogP contribution in [-0.2, 0) is 6.18 Å². The molecule has 2 rings (SSSR count). The van der Waals surface area contributed by atoms with Crippen LogP contribution in [0.25, 0.3) is 0 Å². The zero-order valence-corrected chi connectivity index (χ0v) is 11.6. The third-order valence-corrected chi connectivity index (χ3v) is 2.68. The Kier molecular flexibility index (Phi) is 4.81. The Morgan fingerprint density at radius 2 is 2.18 bits per heavy atom. The molecule has 0 fully saturated rings. The number of hydrogen-bond donors (Lipinski definition) is 2. The number of alkyl halides is 3. The molecule has 2 heterocycles. The number of rotatable bonds is 5. The SMILES string of the molecule is O=C(NCCOc1ncc(C(F)(F)F)cc1Cl)c1cn[nH]n1. The summed E-state index contributed by atoms with van der Waals surface area (Å²) in [6.07, 6.45) is -2.67. The Hall–Kier alpha value is -2.36. The Morgan fingerprint density at radius 1 is 1.41 bits per heavy atom. The number of nitrogens with one attached hydrogen (secondary N) is 2. The third kappa shape index (κ3) is 4.07. The van der Waals surface area contributed by atoms with Crippen molar-refractivity contribution in [3.05, 3.63) is 34.7 Å². The molecule has 0 saturated carbocycles. The molecule has 0 unspecified atom stereocenters. The van der Waals surface area contributed by atoms with Gasteiger partial charge in [-0.15, -0.1) is 0 Å². The third-order valence-electron chi connectivity index (χ3n) is 2.41. The van der Waals surface area contributed by atoms with E-state index in [-0.39, 0.29) is 29.7 Å². The van der Waals surface area contributed by atoms with Gasteiger partial charge >= 0.3 is 6.18 Å². The van der Waals surface area contributed by atoms with Crippen LogP contribution in [0.5, 0.6) is 5.88 Å². The lowest BCUT2D eigenvalue weighted by molar-refractivity contribution is -0.137. The summed E-state index contributed by atoms with van der Waals surface area (Å²) in [5.74, 6) is -0.617. The summed E-state index contributed by atoms with van der Waals surface area (Å²) in [6.45, 7) is 0.0619. The van der Waals surface area contributed by atoms with Crippen molar-refractivity contribution >= 4 is 17.5 Å². The van der Waals surface area contributed by atoms with Crippen molar-refractivity contribution in [3.8, 4) is 5.88 Å². The fraction of sp³-hybridized carbons (Fsp3) is 0.273. The molecule has 0 spiro atoms. The molecule has 0 aromatic carbocycles. The molecule has 11 heteroatoms. The first-order chi connectivity index (χ1) is 10.4. The summed E-state index contributed by atoms with van der Waals surface area (Å²) >= 11 is 5.66. The van der Waals surface area contributed by atoms with Crippen molar-refractivity contribution in [1.29, 1.82) is 0 Å². The number of carbonyl (C=O) groups excluding carboxylic acids is 1. The van der Waals surface area contributed by atoms with Gasteiger partial charge in [-0.3, -0.25) is 4.79 Å². The van der Waals surface area contributed by atoms with Gasteiger partial charge in [0.05, 0.1) is 18.3 Å². The van der Waals surface area contributed by atoms with E-state index >= 15 is 0 Å². The van der Waals surface area contributed by atoms with Gasteiger partial charge < -0.3 is 10.1 Å². The van der Waals surface area contributed by atoms with E-state index in [9.17, 15) is 18.0 Å². The molecule has 2 aromatic rings. The van der Waals surface area contributed by atoms with Gasteiger partial charge in [0.1, 0.15) is 11.6 Å². The summed E-state index contributed by atoms with van der Waals surface area (Å²) < 4.78 is 42.4. The van der Waals surface area contributed by atoms with E-state index in [0.717, 1.165) is 6.07 Å². The number of aromatic nitrogens is 4. The molecule has 0 bridgehead atoms. The summed E-state index contributed by atoms with van der Waals surface area (Å²) in [7, 11) is 0. The van der Waals surface area contributed by atoms with Crippen LogP contribution in [0.2, 0.25) is 5.02 Å². The number of halogens is 4. The van der Waals surface area contributed by atoms with E-state index in [0.29, 0.717) is 6.20 Å². The number of aromatic amines is 1. The lowest BCUT2D eigenvalue weighted by Crippen LogP contribution is -2.28. The molecule has 7 nitrogen and oxygen atoms in total. The minimum atomic E-state index is -4.53. The highest BCUT2D eigenvalue weighted by Gasteiger charge is 2.31. The van der Waals surface area contributed by atoms with Crippen molar-refractivity contribution < 1.29 is 22.7 Å². The van der Waals surface area contributed by atoms with Gasteiger partial charge in [-0.2, -0.15) is 28.6 Å². The molecule has 2 aromatic heterocycles. The first kappa shape index (κ1) is 16.0. The quantitative estimate of drug-likeness (QED) is 0.811. The molecule has 0 aliphatic rings. The second kappa shape index (κ2) is 6.60.